The summed E-state index contributed by atoms with van der Waals surface area (Å²) in [4.78, 5) is 11.1. The van der Waals surface area contributed by atoms with Crippen LogP contribution in [0.15, 0.2) is 27.1 Å². The second-order valence-corrected chi connectivity index (χ2v) is 4.84. The van der Waals surface area contributed by atoms with E-state index < -0.39 is 0 Å². The van der Waals surface area contributed by atoms with E-state index in [2.05, 4.69) is 37.2 Å². The summed E-state index contributed by atoms with van der Waals surface area (Å²) < 4.78 is 2.31. The largest absolute Gasteiger partial charge is 0.324 e. The van der Waals surface area contributed by atoms with E-state index in [1.54, 1.807) is 0 Å². The Bertz CT molecular complexity index is 330. The monoisotopic (exact) mass is 417 g/mol. The van der Waals surface area contributed by atoms with Crippen LogP contribution in [0.4, 0.5) is 5.69 Å². The van der Waals surface area contributed by atoms with Gasteiger partial charge in [-0.1, -0.05) is 38.5 Å². The minimum Gasteiger partial charge on any atom is -0.324 e. The Morgan fingerprint density at radius 3 is 2.69 bits per heavy atom. The highest BCUT2D eigenvalue weighted by molar-refractivity contribution is 14.1. The molecule has 0 spiro atoms. The molecule has 70 valence electrons. The summed E-state index contributed by atoms with van der Waals surface area (Å²) in [5.41, 5.74) is 0.796. The smallest absolute Gasteiger partial charge is 0.234 e. The second-order valence-electron chi connectivity index (χ2n) is 2.31. The third-order valence-electron chi connectivity index (χ3n) is 1.33. The van der Waals surface area contributed by atoms with Crippen LogP contribution in [-0.2, 0) is 4.79 Å². The van der Waals surface area contributed by atoms with Crippen molar-refractivity contribution < 1.29 is 4.79 Å². The molecule has 0 saturated carbocycles. The number of alkyl halides is 1. The molecule has 0 aliphatic rings. The minimum absolute atomic E-state index is 0.00335. The van der Waals surface area contributed by atoms with Gasteiger partial charge in [0.2, 0.25) is 5.91 Å². The summed E-state index contributed by atoms with van der Waals surface area (Å²) in [6.45, 7) is 0. The average molecular weight is 419 g/mol. The van der Waals surface area contributed by atoms with Gasteiger partial charge in [-0.15, -0.1) is 0 Å². The second kappa shape index (κ2) is 5.31. The number of nitrogens with one attached hydrogen (secondary N) is 1. The minimum atomic E-state index is 0.00335. The molecule has 1 aromatic carbocycles. The number of carbonyl (C=O) groups is 1. The van der Waals surface area contributed by atoms with Gasteiger partial charge in [-0.3, -0.25) is 4.79 Å². The number of rotatable bonds is 2. The maximum absolute atomic E-state index is 11.1. The first kappa shape index (κ1) is 11.5. The van der Waals surface area contributed by atoms with Crippen LogP contribution in [0.3, 0.4) is 0 Å². The molecule has 0 aromatic heterocycles. The van der Waals surface area contributed by atoms with Gasteiger partial charge in [0, 0.05) is 8.95 Å². The highest BCUT2D eigenvalue weighted by Crippen LogP contribution is 2.25. The molecule has 0 atom stereocenters. The number of amides is 1. The fourth-order valence-electron chi connectivity index (χ4n) is 0.774. The van der Waals surface area contributed by atoms with E-state index in [1.165, 1.54) is 0 Å². The standard InChI is InChI=1S/C8H6Br2INO/c9-5-1-2-7(6(10)3-5)12-8(13)4-11/h1-3H,4H2,(H,12,13). The Hall–Kier alpha value is 0.380. The van der Waals surface area contributed by atoms with E-state index in [-0.39, 0.29) is 5.91 Å². The molecule has 1 N–H and O–H groups in total. The van der Waals surface area contributed by atoms with Crippen molar-refractivity contribution in [2.45, 2.75) is 0 Å². The van der Waals surface area contributed by atoms with E-state index in [0.29, 0.717) is 4.43 Å². The molecule has 1 aromatic rings. The molecule has 0 bridgehead atoms. The Labute approximate surface area is 107 Å². The van der Waals surface area contributed by atoms with Crippen LogP contribution in [0, 0.1) is 0 Å². The van der Waals surface area contributed by atoms with E-state index in [4.69, 9.17) is 0 Å². The zero-order chi connectivity index (χ0) is 9.84. The summed E-state index contributed by atoms with van der Waals surface area (Å²) >= 11 is 8.72. The zero-order valence-electron chi connectivity index (χ0n) is 6.48. The number of halogens is 3. The van der Waals surface area contributed by atoms with Crippen molar-refractivity contribution in [1.82, 2.24) is 0 Å². The molecule has 13 heavy (non-hydrogen) atoms. The van der Waals surface area contributed by atoms with Gasteiger partial charge in [0.1, 0.15) is 0 Å². The Balaban J connectivity index is 2.83. The average Bonchev–Trinajstić information content (AvgIpc) is 2.09. The molecule has 0 aliphatic heterocycles. The maximum atomic E-state index is 11.1. The van der Waals surface area contributed by atoms with E-state index >= 15 is 0 Å². The van der Waals surface area contributed by atoms with Gasteiger partial charge in [-0.25, -0.2) is 0 Å². The van der Waals surface area contributed by atoms with Crippen LogP contribution in [0.2, 0.25) is 0 Å². The van der Waals surface area contributed by atoms with E-state index in [9.17, 15) is 4.79 Å². The Morgan fingerprint density at radius 2 is 2.15 bits per heavy atom. The molecular weight excluding hydrogens is 413 g/mol. The van der Waals surface area contributed by atoms with Gasteiger partial charge in [0.25, 0.3) is 0 Å². The zero-order valence-corrected chi connectivity index (χ0v) is 11.8. The molecule has 0 radical (unpaired) electrons. The highest BCUT2D eigenvalue weighted by Gasteiger charge is 2.03. The first-order chi connectivity index (χ1) is 6.13. The normalized spacial score (nSPS) is 9.77. The van der Waals surface area contributed by atoms with Crippen LogP contribution in [0.5, 0.6) is 0 Å². The molecule has 0 unspecified atom stereocenters. The highest BCUT2D eigenvalue weighted by atomic mass is 127. The molecule has 5 heteroatoms. The third-order valence-corrected chi connectivity index (χ3v) is 3.17. The molecular formula is C8H6Br2INO. The Morgan fingerprint density at radius 1 is 1.46 bits per heavy atom. The summed E-state index contributed by atoms with van der Waals surface area (Å²) in [5.74, 6) is 0.00335. The number of hydrogen-bond donors (Lipinski definition) is 1. The topological polar surface area (TPSA) is 29.1 Å². The summed E-state index contributed by atoms with van der Waals surface area (Å²) in [6, 6.07) is 5.62. The van der Waals surface area contributed by atoms with Crippen molar-refractivity contribution in [3.05, 3.63) is 27.1 Å². The van der Waals surface area contributed by atoms with Crippen molar-refractivity contribution in [1.29, 1.82) is 0 Å². The van der Waals surface area contributed by atoms with Crippen LogP contribution >= 0.6 is 54.5 Å². The molecule has 2 nitrogen and oxygen atoms in total. The van der Waals surface area contributed by atoms with Gasteiger partial charge in [-0.2, -0.15) is 0 Å². The predicted molar refractivity (Wildman–Crippen MR) is 69.4 cm³/mol. The Kier molecular flexibility index (Phi) is 4.68. The fraction of sp³-hybridized carbons (Fsp3) is 0.125. The first-order valence-electron chi connectivity index (χ1n) is 3.44. The number of anilines is 1. The van der Waals surface area contributed by atoms with Crippen molar-refractivity contribution >= 4 is 66.0 Å². The number of benzene rings is 1. The molecule has 0 heterocycles. The van der Waals surface area contributed by atoms with Crippen molar-refractivity contribution in [2.75, 3.05) is 9.74 Å². The lowest BCUT2D eigenvalue weighted by Crippen LogP contribution is -2.12. The quantitative estimate of drug-likeness (QED) is 0.577. The SMILES string of the molecule is O=C(CI)Nc1ccc(Br)cc1Br. The molecule has 0 fully saturated rings. The molecule has 1 rings (SSSR count). The fourth-order valence-corrected chi connectivity index (χ4v) is 2.11. The number of carbonyl (C=O) groups excluding carboxylic acids is 1. The van der Waals surface area contributed by atoms with Crippen molar-refractivity contribution in [2.24, 2.45) is 0 Å². The lowest BCUT2D eigenvalue weighted by atomic mass is 10.3. The van der Waals surface area contributed by atoms with Crippen LogP contribution in [0.1, 0.15) is 0 Å². The van der Waals surface area contributed by atoms with Gasteiger partial charge in [-0.05, 0) is 34.1 Å². The van der Waals surface area contributed by atoms with E-state index in [1.807, 2.05) is 40.8 Å². The number of hydrogen-bond acceptors (Lipinski definition) is 1. The van der Waals surface area contributed by atoms with Gasteiger partial charge < -0.3 is 5.32 Å². The van der Waals surface area contributed by atoms with Gasteiger partial charge >= 0.3 is 0 Å². The summed E-state index contributed by atoms with van der Waals surface area (Å²) in [6.07, 6.45) is 0. The lowest BCUT2D eigenvalue weighted by molar-refractivity contribution is -0.113. The van der Waals surface area contributed by atoms with Crippen LogP contribution < -0.4 is 5.32 Å². The summed E-state index contributed by atoms with van der Waals surface area (Å²) in [7, 11) is 0. The lowest BCUT2D eigenvalue weighted by Gasteiger charge is -2.05. The van der Waals surface area contributed by atoms with Crippen LogP contribution in [-0.4, -0.2) is 10.3 Å². The maximum Gasteiger partial charge on any atom is 0.234 e. The summed E-state index contributed by atoms with van der Waals surface area (Å²) in [5, 5.41) is 2.77. The predicted octanol–water partition coefficient (Wildman–Crippen LogP) is 3.59. The van der Waals surface area contributed by atoms with Crippen molar-refractivity contribution in [3.63, 3.8) is 0 Å². The third kappa shape index (κ3) is 3.55. The van der Waals surface area contributed by atoms with Crippen molar-refractivity contribution in [3.8, 4) is 0 Å². The van der Waals surface area contributed by atoms with Gasteiger partial charge in [0.05, 0.1) is 10.1 Å². The van der Waals surface area contributed by atoms with Gasteiger partial charge in [0.15, 0.2) is 0 Å². The van der Waals surface area contributed by atoms with E-state index in [0.717, 1.165) is 14.6 Å². The molecule has 0 saturated heterocycles. The first-order valence-corrected chi connectivity index (χ1v) is 6.55. The van der Waals surface area contributed by atoms with Crippen LogP contribution in [0.25, 0.3) is 0 Å². The molecule has 0 aliphatic carbocycles. The molecule has 1 amide bonds.